The standard InChI is InChI=1S/C19H21N5O2/c1-12-9-15(14-7-8-14)18(20-10-12)26-11-16-13(2)5-4-6-17(16)24-19(25)23(3)21-22-24/h4-6,9-10,14H,7-8,11H2,1-3H3. The third-order valence-corrected chi connectivity index (χ3v) is 4.72. The molecule has 0 saturated heterocycles. The van der Waals surface area contributed by atoms with Crippen molar-refractivity contribution >= 4 is 0 Å². The van der Waals surface area contributed by atoms with E-state index in [0.29, 0.717) is 24.1 Å². The molecule has 2 heterocycles. The predicted octanol–water partition coefficient (Wildman–Crippen LogP) is 2.43. The second kappa shape index (κ2) is 6.40. The molecule has 2 aromatic heterocycles. The van der Waals surface area contributed by atoms with Crippen LogP contribution in [-0.4, -0.2) is 24.8 Å². The summed E-state index contributed by atoms with van der Waals surface area (Å²) in [5.41, 5.74) is 4.64. The molecule has 1 saturated carbocycles. The van der Waals surface area contributed by atoms with Crippen molar-refractivity contribution in [2.24, 2.45) is 7.05 Å². The number of aryl methyl sites for hydroxylation is 3. The lowest BCUT2D eigenvalue weighted by Crippen LogP contribution is -2.23. The van der Waals surface area contributed by atoms with Gasteiger partial charge in [-0.15, -0.1) is 0 Å². The Bertz CT molecular complexity index is 1020. The van der Waals surface area contributed by atoms with E-state index < -0.39 is 0 Å². The monoisotopic (exact) mass is 351 g/mol. The first-order valence-electron chi connectivity index (χ1n) is 8.72. The third-order valence-electron chi connectivity index (χ3n) is 4.72. The van der Waals surface area contributed by atoms with Crippen LogP contribution in [0.4, 0.5) is 0 Å². The Balaban J connectivity index is 1.68. The minimum absolute atomic E-state index is 0.288. The Morgan fingerprint density at radius 2 is 2.04 bits per heavy atom. The van der Waals surface area contributed by atoms with Crippen LogP contribution in [0.1, 0.15) is 41.0 Å². The Kier molecular flexibility index (Phi) is 4.06. The van der Waals surface area contributed by atoms with E-state index in [1.54, 1.807) is 7.05 Å². The highest BCUT2D eigenvalue weighted by atomic mass is 16.5. The summed E-state index contributed by atoms with van der Waals surface area (Å²) in [5.74, 6) is 1.23. The molecule has 134 valence electrons. The smallest absolute Gasteiger partial charge is 0.368 e. The van der Waals surface area contributed by atoms with Gasteiger partial charge in [0, 0.05) is 24.4 Å². The molecule has 0 N–H and O–H groups in total. The van der Waals surface area contributed by atoms with E-state index >= 15 is 0 Å². The van der Waals surface area contributed by atoms with Gasteiger partial charge in [-0.2, -0.15) is 9.36 Å². The summed E-state index contributed by atoms with van der Waals surface area (Å²) in [6, 6.07) is 7.90. The van der Waals surface area contributed by atoms with E-state index in [1.165, 1.54) is 27.8 Å². The zero-order valence-electron chi connectivity index (χ0n) is 15.1. The molecule has 1 aliphatic rings. The van der Waals surface area contributed by atoms with Crippen LogP contribution < -0.4 is 10.4 Å². The predicted molar refractivity (Wildman–Crippen MR) is 96.6 cm³/mol. The summed E-state index contributed by atoms with van der Waals surface area (Å²) < 4.78 is 8.60. The summed E-state index contributed by atoms with van der Waals surface area (Å²) in [6.07, 6.45) is 4.20. The molecule has 4 rings (SSSR count). The van der Waals surface area contributed by atoms with Crippen LogP contribution in [0.25, 0.3) is 5.69 Å². The van der Waals surface area contributed by atoms with Gasteiger partial charge < -0.3 is 4.74 Å². The largest absolute Gasteiger partial charge is 0.472 e. The van der Waals surface area contributed by atoms with Crippen LogP contribution in [0.2, 0.25) is 0 Å². The summed E-state index contributed by atoms with van der Waals surface area (Å²) >= 11 is 0. The lowest BCUT2D eigenvalue weighted by atomic mass is 10.1. The van der Waals surface area contributed by atoms with Gasteiger partial charge in [0.15, 0.2) is 0 Å². The first-order valence-corrected chi connectivity index (χ1v) is 8.72. The second-order valence-corrected chi connectivity index (χ2v) is 6.84. The molecular formula is C19H21N5O2. The van der Waals surface area contributed by atoms with Gasteiger partial charge in [-0.05, 0) is 66.3 Å². The van der Waals surface area contributed by atoms with Crippen molar-refractivity contribution in [2.75, 3.05) is 0 Å². The Morgan fingerprint density at radius 3 is 2.73 bits per heavy atom. The summed E-state index contributed by atoms with van der Waals surface area (Å²) in [7, 11) is 1.58. The number of hydrogen-bond donors (Lipinski definition) is 0. The zero-order valence-corrected chi connectivity index (χ0v) is 15.1. The van der Waals surface area contributed by atoms with E-state index in [1.807, 2.05) is 38.2 Å². The molecule has 26 heavy (non-hydrogen) atoms. The van der Waals surface area contributed by atoms with Crippen LogP contribution in [0.3, 0.4) is 0 Å². The minimum Gasteiger partial charge on any atom is -0.472 e. The lowest BCUT2D eigenvalue weighted by Gasteiger charge is -2.14. The highest BCUT2D eigenvalue weighted by molar-refractivity contribution is 5.45. The Morgan fingerprint density at radius 1 is 1.23 bits per heavy atom. The van der Waals surface area contributed by atoms with Crippen LogP contribution in [0, 0.1) is 13.8 Å². The maximum atomic E-state index is 12.2. The fourth-order valence-corrected chi connectivity index (χ4v) is 3.07. The Hall–Kier alpha value is -2.96. The topological polar surface area (TPSA) is 74.8 Å². The SMILES string of the molecule is Cc1cnc(OCc2c(C)cccc2-n2nnn(C)c2=O)c(C2CC2)c1. The van der Waals surface area contributed by atoms with Crippen molar-refractivity contribution in [1.29, 1.82) is 0 Å². The number of benzene rings is 1. The molecule has 7 nitrogen and oxygen atoms in total. The maximum Gasteiger partial charge on any atom is 0.368 e. The van der Waals surface area contributed by atoms with E-state index in [0.717, 1.165) is 16.7 Å². The quantitative estimate of drug-likeness (QED) is 0.706. The van der Waals surface area contributed by atoms with Gasteiger partial charge in [0.25, 0.3) is 0 Å². The van der Waals surface area contributed by atoms with Crippen molar-refractivity contribution in [3.05, 3.63) is 63.2 Å². The average Bonchev–Trinajstić information content (AvgIpc) is 3.41. The zero-order chi connectivity index (χ0) is 18.3. The fraction of sp³-hybridized carbons (Fsp3) is 0.368. The highest BCUT2D eigenvalue weighted by Crippen LogP contribution is 2.44. The molecule has 1 aromatic carbocycles. The molecule has 1 aliphatic carbocycles. The molecule has 0 bridgehead atoms. The third kappa shape index (κ3) is 3.00. The van der Waals surface area contributed by atoms with Crippen LogP contribution in [0.5, 0.6) is 5.88 Å². The van der Waals surface area contributed by atoms with Gasteiger partial charge in [0.2, 0.25) is 5.88 Å². The van der Waals surface area contributed by atoms with Crippen LogP contribution >= 0.6 is 0 Å². The fourth-order valence-electron chi connectivity index (χ4n) is 3.07. The molecule has 3 aromatic rings. The van der Waals surface area contributed by atoms with E-state index in [4.69, 9.17) is 4.74 Å². The molecule has 0 radical (unpaired) electrons. The molecule has 0 spiro atoms. The summed E-state index contributed by atoms with van der Waals surface area (Å²) in [6.45, 7) is 4.36. The van der Waals surface area contributed by atoms with Crippen molar-refractivity contribution in [1.82, 2.24) is 24.8 Å². The maximum absolute atomic E-state index is 12.2. The number of aromatic nitrogens is 5. The molecule has 0 unspecified atom stereocenters. The van der Waals surface area contributed by atoms with Crippen molar-refractivity contribution in [3.63, 3.8) is 0 Å². The normalized spacial score (nSPS) is 13.8. The number of hydrogen-bond acceptors (Lipinski definition) is 5. The van der Waals surface area contributed by atoms with Crippen molar-refractivity contribution in [2.45, 2.75) is 39.2 Å². The van der Waals surface area contributed by atoms with Crippen molar-refractivity contribution in [3.8, 4) is 11.6 Å². The van der Waals surface area contributed by atoms with Crippen LogP contribution in [0.15, 0.2) is 35.3 Å². The second-order valence-electron chi connectivity index (χ2n) is 6.84. The molecule has 1 fully saturated rings. The first-order chi connectivity index (χ1) is 12.5. The number of rotatable bonds is 5. The number of ether oxygens (including phenoxy) is 1. The van der Waals surface area contributed by atoms with Gasteiger partial charge in [-0.25, -0.2) is 9.78 Å². The molecule has 0 aliphatic heterocycles. The first kappa shape index (κ1) is 16.5. The number of tetrazole rings is 1. The van der Waals surface area contributed by atoms with E-state index in [2.05, 4.69) is 21.5 Å². The Labute approximate surface area is 151 Å². The van der Waals surface area contributed by atoms with Gasteiger partial charge in [-0.1, -0.05) is 12.1 Å². The van der Waals surface area contributed by atoms with Crippen LogP contribution in [-0.2, 0) is 13.7 Å². The molecule has 0 atom stereocenters. The lowest BCUT2D eigenvalue weighted by molar-refractivity contribution is 0.289. The van der Waals surface area contributed by atoms with Gasteiger partial charge >= 0.3 is 5.69 Å². The van der Waals surface area contributed by atoms with E-state index in [-0.39, 0.29) is 5.69 Å². The average molecular weight is 351 g/mol. The molecule has 7 heteroatoms. The number of nitrogens with zero attached hydrogens (tertiary/aromatic N) is 5. The highest BCUT2D eigenvalue weighted by Gasteiger charge is 2.28. The van der Waals surface area contributed by atoms with E-state index in [9.17, 15) is 4.79 Å². The number of pyridine rings is 1. The van der Waals surface area contributed by atoms with Crippen molar-refractivity contribution < 1.29 is 4.74 Å². The molecule has 0 amide bonds. The minimum atomic E-state index is -0.288. The molecular weight excluding hydrogens is 330 g/mol. The van der Waals surface area contributed by atoms with Gasteiger partial charge in [0.1, 0.15) is 6.61 Å². The van der Waals surface area contributed by atoms with Gasteiger partial charge in [0.05, 0.1) is 5.69 Å². The summed E-state index contributed by atoms with van der Waals surface area (Å²) in [4.78, 5) is 16.7. The summed E-state index contributed by atoms with van der Waals surface area (Å²) in [5, 5.41) is 7.76. The van der Waals surface area contributed by atoms with Gasteiger partial charge in [-0.3, -0.25) is 0 Å².